The van der Waals surface area contributed by atoms with Crippen molar-refractivity contribution in [1.29, 1.82) is 0 Å². The molecule has 0 fully saturated rings. The van der Waals surface area contributed by atoms with Crippen molar-refractivity contribution in [3.63, 3.8) is 0 Å². The molecule has 0 atom stereocenters. The highest BCUT2D eigenvalue weighted by atomic mass is 16.5. The quantitative estimate of drug-likeness (QED) is 0.557. The molecule has 4 aromatic rings. The summed E-state index contributed by atoms with van der Waals surface area (Å²) in [4.78, 5) is 25.5. The summed E-state index contributed by atoms with van der Waals surface area (Å²) in [6, 6.07) is 12.5. The molecule has 134 valence electrons. The smallest absolute Gasteiger partial charge is 0.343 e. The summed E-state index contributed by atoms with van der Waals surface area (Å²) < 4.78 is 10.3. The van der Waals surface area contributed by atoms with E-state index in [2.05, 4.69) is 10.2 Å². The minimum absolute atomic E-state index is 0.109. The number of hydrogen-bond acceptors (Lipinski definition) is 7. The molecule has 0 aliphatic heterocycles. The Hall–Kier alpha value is -3.94. The first-order valence-corrected chi connectivity index (χ1v) is 7.99. The van der Waals surface area contributed by atoms with Gasteiger partial charge in [-0.25, -0.2) is 4.79 Å². The molecule has 0 bridgehead atoms. The van der Waals surface area contributed by atoms with Crippen LogP contribution in [0.2, 0.25) is 0 Å². The van der Waals surface area contributed by atoms with Crippen LogP contribution in [-0.4, -0.2) is 26.1 Å². The Balaban J connectivity index is 1.71. The lowest BCUT2D eigenvalue weighted by molar-refractivity contribution is 0.0727. The zero-order chi connectivity index (χ0) is 19.0. The Morgan fingerprint density at radius 2 is 1.81 bits per heavy atom. The summed E-state index contributed by atoms with van der Waals surface area (Å²) in [5, 5.41) is 18.7. The second-order valence-electron chi connectivity index (χ2n) is 5.74. The molecule has 0 aliphatic rings. The van der Waals surface area contributed by atoms with E-state index >= 15 is 0 Å². The maximum absolute atomic E-state index is 12.5. The van der Waals surface area contributed by atoms with Crippen LogP contribution in [0.25, 0.3) is 16.7 Å². The molecule has 4 rings (SSSR count). The van der Waals surface area contributed by atoms with E-state index in [4.69, 9.17) is 9.15 Å². The van der Waals surface area contributed by atoms with Crippen molar-refractivity contribution in [2.24, 2.45) is 0 Å². The Bertz CT molecular complexity index is 1190. The lowest BCUT2D eigenvalue weighted by Crippen LogP contribution is -2.16. The molecule has 0 amide bonds. The van der Waals surface area contributed by atoms with Gasteiger partial charge in [-0.3, -0.25) is 4.79 Å². The number of aromatic hydroxyl groups is 1. The summed E-state index contributed by atoms with van der Waals surface area (Å²) in [5.74, 6) is -0.869. The average molecular weight is 363 g/mol. The maximum Gasteiger partial charge on any atom is 0.343 e. The molecule has 8 heteroatoms. The molecule has 0 aliphatic carbocycles. The number of hydrogen-bond donors (Lipinski definition) is 1. The van der Waals surface area contributed by atoms with Gasteiger partial charge in [-0.15, -0.1) is 15.0 Å². The Labute approximate surface area is 152 Å². The molecule has 0 saturated heterocycles. The largest absolute Gasteiger partial charge is 0.506 e. The van der Waals surface area contributed by atoms with Crippen molar-refractivity contribution >= 4 is 17.0 Å². The molecule has 2 aromatic carbocycles. The Kier molecular flexibility index (Phi) is 3.92. The van der Waals surface area contributed by atoms with Crippen LogP contribution < -0.4 is 10.2 Å². The van der Waals surface area contributed by atoms with E-state index in [9.17, 15) is 14.7 Å². The fourth-order valence-corrected chi connectivity index (χ4v) is 2.55. The van der Waals surface area contributed by atoms with Crippen LogP contribution in [0.15, 0.2) is 64.0 Å². The number of fused-ring (bicyclic) bond motifs is 1. The van der Waals surface area contributed by atoms with Gasteiger partial charge in [-0.2, -0.15) is 0 Å². The summed E-state index contributed by atoms with van der Waals surface area (Å²) in [6.45, 7) is 1.52. The van der Waals surface area contributed by atoms with Crippen molar-refractivity contribution in [1.82, 2.24) is 15.0 Å². The number of ether oxygens (including phenoxy) is 1. The monoisotopic (exact) mass is 363 g/mol. The number of benzene rings is 2. The van der Waals surface area contributed by atoms with Crippen molar-refractivity contribution in [2.45, 2.75) is 6.92 Å². The van der Waals surface area contributed by atoms with E-state index in [1.54, 1.807) is 12.1 Å². The molecule has 0 saturated carbocycles. The maximum atomic E-state index is 12.5. The average Bonchev–Trinajstić information content (AvgIpc) is 3.09. The topological polar surface area (TPSA) is 107 Å². The van der Waals surface area contributed by atoms with Crippen LogP contribution in [-0.2, 0) is 0 Å². The number of nitrogens with zero attached hydrogens (tertiary/aromatic N) is 3. The number of aromatic nitrogens is 3. The van der Waals surface area contributed by atoms with Crippen LogP contribution in [0.5, 0.6) is 11.5 Å². The van der Waals surface area contributed by atoms with Gasteiger partial charge < -0.3 is 14.3 Å². The SMILES string of the molecule is Cc1occc(=O)c1OC(=O)c1ccc(O)c(-n2nc3ccccc3n2)c1. The number of carbonyl (C=O) groups excluding carboxylic acids is 1. The second kappa shape index (κ2) is 6.41. The lowest BCUT2D eigenvalue weighted by atomic mass is 10.2. The fraction of sp³-hybridized carbons (Fsp3) is 0.0526. The van der Waals surface area contributed by atoms with E-state index in [1.165, 1.54) is 36.2 Å². The number of esters is 1. The molecule has 0 radical (unpaired) electrons. The van der Waals surface area contributed by atoms with E-state index in [0.717, 1.165) is 6.07 Å². The van der Waals surface area contributed by atoms with Gasteiger partial charge in [-0.1, -0.05) is 12.1 Å². The van der Waals surface area contributed by atoms with Crippen LogP contribution in [0.3, 0.4) is 0 Å². The summed E-state index contributed by atoms with van der Waals surface area (Å²) in [6.07, 6.45) is 1.22. The van der Waals surface area contributed by atoms with Gasteiger partial charge in [0, 0.05) is 6.07 Å². The summed E-state index contributed by atoms with van der Waals surface area (Å²) in [7, 11) is 0. The highest BCUT2D eigenvalue weighted by Crippen LogP contribution is 2.24. The van der Waals surface area contributed by atoms with Crippen molar-refractivity contribution in [3.05, 3.63) is 76.3 Å². The van der Waals surface area contributed by atoms with Gasteiger partial charge in [0.05, 0.1) is 11.8 Å². The standard InChI is InChI=1S/C19H13N3O5/c1-11-18(17(24)8-9-26-11)27-19(25)12-6-7-16(23)15(10-12)22-20-13-4-2-3-5-14(13)21-22/h2-10,23H,1H3. The van der Waals surface area contributed by atoms with E-state index < -0.39 is 11.4 Å². The highest BCUT2D eigenvalue weighted by Gasteiger charge is 2.17. The van der Waals surface area contributed by atoms with Gasteiger partial charge in [0.1, 0.15) is 28.2 Å². The predicted octanol–water partition coefficient (Wildman–Crippen LogP) is 2.61. The van der Waals surface area contributed by atoms with Crippen LogP contribution >= 0.6 is 0 Å². The number of rotatable bonds is 3. The number of aryl methyl sites for hydroxylation is 1. The number of carbonyl (C=O) groups is 1. The van der Waals surface area contributed by atoms with E-state index in [-0.39, 0.29) is 28.5 Å². The van der Waals surface area contributed by atoms with Crippen molar-refractivity contribution < 1.29 is 19.1 Å². The predicted molar refractivity (Wildman–Crippen MR) is 95.2 cm³/mol. The zero-order valence-corrected chi connectivity index (χ0v) is 14.1. The minimum Gasteiger partial charge on any atom is -0.506 e. The third-order valence-corrected chi connectivity index (χ3v) is 3.92. The van der Waals surface area contributed by atoms with Gasteiger partial charge in [0.25, 0.3) is 0 Å². The first-order chi connectivity index (χ1) is 13.0. The lowest BCUT2D eigenvalue weighted by Gasteiger charge is -2.08. The summed E-state index contributed by atoms with van der Waals surface area (Å²) in [5.41, 5.74) is 1.14. The first kappa shape index (κ1) is 16.5. The molecule has 2 aromatic heterocycles. The normalized spacial score (nSPS) is 10.9. The summed E-state index contributed by atoms with van der Waals surface area (Å²) >= 11 is 0. The molecular formula is C19H13N3O5. The molecule has 0 unspecified atom stereocenters. The van der Waals surface area contributed by atoms with E-state index in [1.807, 2.05) is 12.1 Å². The first-order valence-electron chi connectivity index (χ1n) is 7.99. The zero-order valence-electron chi connectivity index (χ0n) is 14.1. The van der Waals surface area contributed by atoms with Gasteiger partial charge in [0.15, 0.2) is 0 Å². The molecular weight excluding hydrogens is 350 g/mol. The Morgan fingerprint density at radius 3 is 2.48 bits per heavy atom. The Morgan fingerprint density at radius 1 is 1.11 bits per heavy atom. The minimum atomic E-state index is -0.769. The van der Waals surface area contributed by atoms with Crippen LogP contribution in [0.4, 0.5) is 0 Å². The molecule has 1 N–H and O–H groups in total. The fourth-order valence-electron chi connectivity index (χ4n) is 2.55. The van der Waals surface area contributed by atoms with Gasteiger partial charge >= 0.3 is 5.97 Å². The molecule has 2 heterocycles. The van der Waals surface area contributed by atoms with Crippen molar-refractivity contribution in [2.75, 3.05) is 0 Å². The number of phenolic OH excluding ortho intramolecular Hbond substituents is 1. The molecule has 8 nitrogen and oxygen atoms in total. The third-order valence-electron chi connectivity index (χ3n) is 3.92. The van der Waals surface area contributed by atoms with Crippen LogP contribution in [0.1, 0.15) is 16.1 Å². The highest BCUT2D eigenvalue weighted by molar-refractivity contribution is 5.92. The van der Waals surface area contributed by atoms with E-state index in [0.29, 0.717) is 11.0 Å². The molecule has 0 spiro atoms. The second-order valence-corrected chi connectivity index (χ2v) is 5.74. The molecule has 27 heavy (non-hydrogen) atoms. The third kappa shape index (κ3) is 3.04. The van der Waals surface area contributed by atoms with Crippen molar-refractivity contribution in [3.8, 4) is 17.2 Å². The van der Waals surface area contributed by atoms with Crippen LogP contribution in [0, 0.1) is 6.92 Å². The van der Waals surface area contributed by atoms with Gasteiger partial charge in [0.2, 0.25) is 11.2 Å². The number of phenols is 1. The van der Waals surface area contributed by atoms with Gasteiger partial charge in [-0.05, 0) is 37.3 Å².